The second kappa shape index (κ2) is 7.63. The summed E-state index contributed by atoms with van der Waals surface area (Å²) in [5, 5.41) is 6.85. The summed E-state index contributed by atoms with van der Waals surface area (Å²) in [5.41, 5.74) is 0.321. The van der Waals surface area contributed by atoms with E-state index in [9.17, 15) is 13.9 Å². The van der Waals surface area contributed by atoms with Gasteiger partial charge >= 0.3 is 0 Å². The van der Waals surface area contributed by atoms with Crippen LogP contribution in [0.1, 0.15) is 56.2 Å². The molecular weight excluding hydrogens is 346 g/mol. The van der Waals surface area contributed by atoms with E-state index in [0.717, 1.165) is 18.6 Å². The molecular formula is C16H29N3O5S. The standard InChI is InChI=1S/C16H27N3O5S.H2/c1-11-9-13(5-6-19(11)25(21,22)8-7-23-2)17-16(20)14-10-15(24-18-14)12-3-4-12;/h10-13,21-22H,3-9H2,1-2H3,(H,17,20);1H/t11?,13-;/m0./s1. The highest BCUT2D eigenvalue weighted by molar-refractivity contribution is 8.22. The molecule has 1 aromatic rings. The molecule has 3 N–H and O–H groups in total. The molecule has 1 saturated heterocycles. The van der Waals surface area contributed by atoms with Crippen molar-refractivity contribution in [3.8, 4) is 0 Å². The van der Waals surface area contributed by atoms with Gasteiger partial charge < -0.3 is 14.6 Å². The third-order valence-corrected chi connectivity index (χ3v) is 6.84. The third-order valence-electron chi connectivity index (χ3n) is 4.83. The molecule has 1 amide bonds. The van der Waals surface area contributed by atoms with Gasteiger partial charge in [0.05, 0.1) is 12.4 Å². The summed E-state index contributed by atoms with van der Waals surface area (Å²) in [6.07, 6.45) is 3.51. The Morgan fingerprint density at radius 3 is 2.92 bits per heavy atom. The average molecular weight is 375 g/mol. The highest BCUT2D eigenvalue weighted by Crippen LogP contribution is 2.46. The highest BCUT2D eigenvalue weighted by Gasteiger charge is 2.34. The van der Waals surface area contributed by atoms with Gasteiger partial charge in [-0.2, -0.15) is 0 Å². The quantitative estimate of drug-likeness (QED) is 0.672. The first kappa shape index (κ1) is 18.7. The molecule has 0 bridgehead atoms. The molecule has 3 rings (SSSR count). The molecule has 144 valence electrons. The number of rotatable bonds is 7. The van der Waals surface area contributed by atoms with E-state index < -0.39 is 10.8 Å². The smallest absolute Gasteiger partial charge is 0.273 e. The molecule has 2 atom stereocenters. The SMILES string of the molecule is COCCS(O)(O)N1CC[C@H](NC(=O)c2cc(C3CC3)on2)CC1C.[HH]. The van der Waals surface area contributed by atoms with Crippen LogP contribution in [0.4, 0.5) is 0 Å². The Bertz CT molecular complexity index is 610. The normalized spacial score (nSPS) is 25.8. The van der Waals surface area contributed by atoms with E-state index in [-0.39, 0.29) is 25.2 Å². The van der Waals surface area contributed by atoms with Gasteiger partial charge in [0.1, 0.15) is 5.76 Å². The largest absolute Gasteiger partial charge is 0.383 e. The Hall–Kier alpha value is -1.13. The van der Waals surface area contributed by atoms with Gasteiger partial charge in [-0.3, -0.25) is 13.9 Å². The number of methoxy groups -OCH3 is 1. The molecule has 1 aromatic heterocycles. The summed E-state index contributed by atoms with van der Waals surface area (Å²) in [7, 11) is -1.29. The summed E-state index contributed by atoms with van der Waals surface area (Å²) >= 11 is 0. The fourth-order valence-corrected chi connectivity index (χ4v) is 4.93. The monoisotopic (exact) mass is 375 g/mol. The number of carbonyl (C=O) groups excluding carboxylic acids is 1. The number of nitrogens with zero attached hydrogens (tertiary/aromatic N) is 2. The van der Waals surface area contributed by atoms with Gasteiger partial charge in [0.25, 0.3) is 5.91 Å². The lowest BCUT2D eigenvalue weighted by molar-refractivity contribution is 0.0902. The lowest BCUT2D eigenvalue weighted by atomic mass is 10.0. The molecule has 1 unspecified atom stereocenters. The van der Waals surface area contributed by atoms with Crippen LogP contribution in [0.15, 0.2) is 10.6 Å². The van der Waals surface area contributed by atoms with Crippen LogP contribution in [-0.4, -0.2) is 62.6 Å². The van der Waals surface area contributed by atoms with Crippen molar-refractivity contribution in [2.75, 3.05) is 26.0 Å². The van der Waals surface area contributed by atoms with Crippen molar-refractivity contribution in [3.05, 3.63) is 17.5 Å². The van der Waals surface area contributed by atoms with E-state index in [0.29, 0.717) is 37.6 Å². The van der Waals surface area contributed by atoms with E-state index in [2.05, 4.69) is 10.5 Å². The topological polar surface area (TPSA) is 108 Å². The van der Waals surface area contributed by atoms with Gasteiger partial charge in [-0.1, -0.05) is 5.16 Å². The Kier molecular flexibility index (Phi) is 5.69. The van der Waals surface area contributed by atoms with Gasteiger partial charge in [0.2, 0.25) is 0 Å². The third kappa shape index (κ3) is 4.53. The zero-order chi connectivity index (χ0) is 18.0. The van der Waals surface area contributed by atoms with E-state index in [4.69, 9.17) is 9.26 Å². The van der Waals surface area contributed by atoms with Crippen molar-refractivity contribution in [2.45, 2.75) is 50.6 Å². The molecule has 1 aliphatic carbocycles. The second-order valence-corrected chi connectivity index (χ2v) is 9.04. The van der Waals surface area contributed by atoms with Crippen LogP contribution >= 0.6 is 10.8 Å². The van der Waals surface area contributed by atoms with Crippen LogP contribution in [0.25, 0.3) is 0 Å². The molecule has 2 fully saturated rings. The molecule has 2 heterocycles. The first-order valence-corrected chi connectivity index (χ1v) is 10.4. The van der Waals surface area contributed by atoms with E-state index in [1.54, 1.807) is 17.5 Å². The van der Waals surface area contributed by atoms with Crippen LogP contribution in [-0.2, 0) is 4.74 Å². The zero-order valence-corrected chi connectivity index (χ0v) is 15.5. The summed E-state index contributed by atoms with van der Waals surface area (Å²) < 4.78 is 32.6. The number of amides is 1. The fourth-order valence-electron chi connectivity index (χ4n) is 3.24. The molecule has 0 radical (unpaired) electrons. The van der Waals surface area contributed by atoms with Gasteiger partial charge in [-0.05, 0) is 32.6 Å². The van der Waals surface area contributed by atoms with Gasteiger partial charge in [0.15, 0.2) is 5.69 Å². The molecule has 8 nitrogen and oxygen atoms in total. The summed E-state index contributed by atoms with van der Waals surface area (Å²) in [5.74, 6) is 1.19. The average Bonchev–Trinajstić information content (AvgIpc) is 3.29. The maximum absolute atomic E-state index is 12.3. The predicted octanol–water partition coefficient (Wildman–Crippen LogP) is 2.69. The predicted molar refractivity (Wildman–Crippen MR) is 96.8 cm³/mol. The number of nitrogens with one attached hydrogen (secondary N) is 1. The fraction of sp³-hybridized carbons (Fsp3) is 0.750. The van der Waals surface area contributed by atoms with E-state index in [1.165, 1.54) is 0 Å². The van der Waals surface area contributed by atoms with Crippen LogP contribution in [0.5, 0.6) is 0 Å². The first-order chi connectivity index (χ1) is 11.9. The number of aromatic nitrogens is 1. The maximum atomic E-state index is 12.3. The van der Waals surface area contributed by atoms with E-state index >= 15 is 0 Å². The number of ether oxygens (including phenoxy) is 1. The number of carbonyl (C=O) groups is 1. The second-order valence-electron chi connectivity index (χ2n) is 6.90. The van der Waals surface area contributed by atoms with Gasteiger partial charge in [-0.25, -0.2) is 4.31 Å². The number of hydrogen-bond donors (Lipinski definition) is 3. The van der Waals surface area contributed by atoms with Crippen LogP contribution in [0.3, 0.4) is 0 Å². The minimum Gasteiger partial charge on any atom is -0.383 e. The summed E-state index contributed by atoms with van der Waals surface area (Å²) in [6, 6.07) is 1.67. The zero-order valence-electron chi connectivity index (χ0n) is 14.7. The van der Waals surface area contributed by atoms with Crippen molar-refractivity contribution in [1.29, 1.82) is 0 Å². The molecule has 0 spiro atoms. The Morgan fingerprint density at radius 2 is 2.28 bits per heavy atom. The van der Waals surface area contributed by atoms with Crippen molar-refractivity contribution in [1.82, 2.24) is 14.8 Å². The minimum atomic E-state index is -2.83. The van der Waals surface area contributed by atoms with Crippen molar-refractivity contribution >= 4 is 16.7 Å². The maximum Gasteiger partial charge on any atom is 0.273 e. The number of piperidine rings is 1. The molecule has 2 aliphatic rings. The highest BCUT2D eigenvalue weighted by atomic mass is 32.3. The van der Waals surface area contributed by atoms with Gasteiger partial charge in [-0.15, -0.1) is 10.8 Å². The van der Waals surface area contributed by atoms with Crippen molar-refractivity contribution < 1.29 is 24.6 Å². The minimum absolute atomic E-state index is 0. The van der Waals surface area contributed by atoms with Crippen LogP contribution in [0.2, 0.25) is 0 Å². The first-order valence-electron chi connectivity index (χ1n) is 8.70. The van der Waals surface area contributed by atoms with Crippen LogP contribution in [0, 0.1) is 0 Å². The molecule has 1 aliphatic heterocycles. The van der Waals surface area contributed by atoms with Crippen molar-refractivity contribution in [2.24, 2.45) is 0 Å². The Balaban J connectivity index is 0.00000243. The summed E-state index contributed by atoms with van der Waals surface area (Å²) in [6.45, 7) is 2.77. The Morgan fingerprint density at radius 1 is 1.52 bits per heavy atom. The molecule has 0 aromatic carbocycles. The van der Waals surface area contributed by atoms with E-state index in [1.807, 2.05) is 6.92 Å². The van der Waals surface area contributed by atoms with Crippen LogP contribution < -0.4 is 5.32 Å². The summed E-state index contributed by atoms with van der Waals surface area (Å²) in [4.78, 5) is 12.3. The number of hydrogen-bond acceptors (Lipinski definition) is 7. The molecule has 25 heavy (non-hydrogen) atoms. The Labute approximate surface area is 150 Å². The lowest BCUT2D eigenvalue weighted by Gasteiger charge is -2.49. The molecule has 9 heteroatoms. The molecule has 1 saturated carbocycles. The van der Waals surface area contributed by atoms with Crippen molar-refractivity contribution in [3.63, 3.8) is 0 Å². The van der Waals surface area contributed by atoms with Gasteiger partial charge in [0, 0.05) is 39.1 Å². The lowest BCUT2D eigenvalue weighted by Crippen LogP contribution is -2.50.